The van der Waals surface area contributed by atoms with E-state index < -0.39 is 6.04 Å². The van der Waals surface area contributed by atoms with Gasteiger partial charge in [-0.25, -0.2) is 0 Å². The van der Waals surface area contributed by atoms with Gasteiger partial charge in [0.1, 0.15) is 6.04 Å². The van der Waals surface area contributed by atoms with Crippen molar-refractivity contribution in [3.8, 4) is 0 Å². The number of hydrogen-bond acceptors (Lipinski definition) is 2. The van der Waals surface area contributed by atoms with Crippen LogP contribution in [0.15, 0.2) is 48.5 Å². The lowest BCUT2D eigenvalue weighted by molar-refractivity contribution is -0.141. The fourth-order valence-corrected chi connectivity index (χ4v) is 3.73. The monoisotopic (exact) mass is 422 g/mol. The first kappa shape index (κ1) is 24.6. The van der Waals surface area contributed by atoms with Crippen molar-refractivity contribution in [2.45, 2.75) is 78.8 Å². The highest BCUT2D eigenvalue weighted by Crippen LogP contribution is 2.17. The van der Waals surface area contributed by atoms with E-state index in [1.165, 1.54) is 5.56 Å². The Kier molecular flexibility index (Phi) is 10.3. The summed E-state index contributed by atoms with van der Waals surface area (Å²) in [6, 6.07) is 16.1. The van der Waals surface area contributed by atoms with E-state index in [-0.39, 0.29) is 11.8 Å². The summed E-state index contributed by atoms with van der Waals surface area (Å²) in [6.45, 7) is 9.38. The molecule has 0 aliphatic heterocycles. The summed E-state index contributed by atoms with van der Waals surface area (Å²) < 4.78 is 0. The molecule has 0 aromatic heterocycles. The number of aryl methyl sites for hydroxylation is 3. The minimum absolute atomic E-state index is 0.0281. The Hall–Kier alpha value is -2.62. The first-order chi connectivity index (χ1) is 15.0. The van der Waals surface area contributed by atoms with E-state index >= 15 is 0 Å². The Morgan fingerprint density at radius 3 is 2.26 bits per heavy atom. The van der Waals surface area contributed by atoms with Crippen LogP contribution < -0.4 is 5.32 Å². The Balaban J connectivity index is 2.16. The average Bonchev–Trinajstić information content (AvgIpc) is 2.79. The van der Waals surface area contributed by atoms with E-state index in [1.807, 2.05) is 25.1 Å². The van der Waals surface area contributed by atoms with E-state index in [2.05, 4.69) is 56.4 Å². The van der Waals surface area contributed by atoms with Crippen LogP contribution in [0.3, 0.4) is 0 Å². The minimum atomic E-state index is -0.452. The molecule has 1 N–H and O–H groups in total. The average molecular weight is 423 g/mol. The smallest absolute Gasteiger partial charge is 0.242 e. The predicted octanol–water partition coefficient (Wildman–Crippen LogP) is 5.21. The normalized spacial score (nSPS) is 11.7. The van der Waals surface area contributed by atoms with Gasteiger partial charge in [0.15, 0.2) is 0 Å². The summed E-state index contributed by atoms with van der Waals surface area (Å²) in [5.74, 6) is -0.0227. The van der Waals surface area contributed by atoms with Crippen molar-refractivity contribution in [1.82, 2.24) is 10.2 Å². The van der Waals surface area contributed by atoms with Crippen LogP contribution >= 0.6 is 0 Å². The van der Waals surface area contributed by atoms with E-state index in [9.17, 15) is 9.59 Å². The highest BCUT2D eigenvalue weighted by molar-refractivity contribution is 5.87. The van der Waals surface area contributed by atoms with Crippen LogP contribution in [0.4, 0.5) is 0 Å². The van der Waals surface area contributed by atoms with Gasteiger partial charge >= 0.3 is 0 Å². The molecule has 31 heavy (non-hydrogen) atoms. The molecule has 1 atom stereocenters. The zero-order chi connectivity index (χ0) is 22.6. The second-order valence-corrected chi connectivity index (χ2v) is 8.19. The molecular formula is C27H38N2O2. The molecule has 4 heteroatoms. The molecule has 0 heterocycles. The van der Waals surface area contributed by atoms with Crippen LogP contribution in [0.2, 0.25) is 0 Å². The van der Waals surface area contributed by atoms with Crippen LogP contribution in [0.5, 0.6) is 0 Å². The van der Waals surface area contributed by atoms with Gasteiger partial charge < -0.3 is 10.2 Å². The van der Waals surface area contributed by atoms with Gasteiger partial charge in [0, 0.05) is 19.5 Å². The third-order valence-electron chi connectivity index (χ3n) is 5.88. The van der Waals surface area contributed by atoms with Crippen LogP contribution in [0.25, 0.3) is 0 Å². The van der Waals surface area contributed by atoms with Gasteiger partial charge in [-0.05, 0) is 54.9 Å². The van der Waals surface area contributed by atoms with Crippen molar-refractivity contribution in [3.63, 3.8) is 0 Å². The van der Waals surface area contributed by atoms with Crippen molar-refractivity contribution in [1.29, 1.82) is 0 Å². The number of nitrogens with zero attached hydrogens (tertiary/aromatic N) is 1. The van der Waals surface area contributed by atoms with Crippen molar-refractivity contribution in [3.05, 3.63) is 70.8 Å². The molecule has 1 unspecified atom stereocenters. The maximum atomic E-state index is 13.3. The molecule has 0 aliphatic carbocycles. The van der Waals surface area contributed by atoms with Crippen molar-refractivity contribution in [2.24, 2.45) is 0 Å². The maximum Gasteiger partial charge on any atom is 0.242 e. The lowest BCUT2D eigenvalue weighted by Crippen LogP contribution is -2.49. The second-order valence-electron chi connectivity index (χ2n) is 8.19. The molecule has 0 saturated heterocycles. The molecule has 0 spiro atoms. The van der Waals surface area contributed by atoms with E-state index in [1.54, 1.807) is 4.90 Å². The number of benzene rings is 2. The fourth-order valence-electron chi connectivity index (χ4n) is 3.73. The van der Waals surface area contributed by atoms with Gasteiger partial charge in [-0.15, -0.1) is 0 Å². The second kappa shape index (κ2) is 12.9. The quantitative estimate of drug-likeness (QED) is 0.477. The van der Waals surface area contributed by atoms with Gasteiger partial charge in [-0.2, -0.15) is 0 Å². The standard InChI is InChI=1S/C27H38N2O2/c1-5-8-19-28-27(31)25(7-3)29(20-24-12-10-9-11-21(24)4)26(30)18-17-23-15-13-22(6-2)14-16-23/h9-16,25H,5-8,17-20H2,1-4H3,(H,28,31). The zero-order valence-corrected chi connectivity index (χ0v) is 19.6. The molecule has 168 valence electrons. The summed E-state index contributed by atoms with van der Waals surface area (Å²) in [5, 5.41) is 3.02. The van der Waals surface area contributed by atoms with Crippen LogP contribution in [0, 0.1) is 6.92 Å². The number of unbranched alkanes of at least 4 members (excludes halogenated alkanes) is 1. The predicted molar refractivity (Wildman–Crippen MR) is 128 cm³/mol. The summed E-state index contributed by atoms with van der Waals surface area (Å²) >= 11 is 0. The SMILES string of the molecule is CCCCNC(=O)C(CC)N(Cc1ccccc1C)C(=O)CCc1ccc(CC)cc1. The van der Waals surface area contributed by atoms with E-state index in [0.717, 1.165) is 36.0 Å². The first-order valence-corrected chi connectivity index (χ1v) is 11.7. The molecule has 0 fully saturated rings. The summed E-state index contributed by atoms with van der Waals surface area (Å²) in [7, 11) is 0. The van der Waals surface area contributed by atoms with Gasteiger partial charge in [-0.3, -0.25) is 9.59 Å². The van der Waals surface area contributed by atoms with Crippen LogP contribution in [-0.4, -0.2) is 29.3 Å². The Bertz CT molecular complexity index is 829. The summed E-state index contributed by atoms with van der Waals surface area (Å²) in [5.41, 5.74) is 4.67. The van der Waals surface area contributed by atoms with Gasteiger partial charge in [0.05, 0.1) is 0 Å². The molecule has 0 saturated carbocycles. The van der Waals surface area contributed by atoms with E-state index in [0.29, 0.717) is 32.4 Å². The van der Waals surface area contributed by atoms with Crippen LogP contribution in [-0.2, 0) is 29.0 Å². The number of carbonyl (C=O) groups is 2. The van der Waals surface area contributed by atoms with E-state index in [4.69, 9.17) is 0 Å². The van der Waals surface area contributed by atoms with Crippen molar-refractivity contribution < 1.29 is 9.59 Å². The van der Waals surface area contributed by atoms with Gasteiger partial charge in [0.2, 0.25) is 11.8 Å². The highest BCUT2D eigenvalue weighted by atomic mass is 16.2. The zero-order valence-electron chi connectivity index (χ0n) is 19.6. The third-order valence-corrected chi connectivity index (χ3v) is 5.88. The molecule has 2 aromatic carbocycles. The molecule has 2 rings (SSSR count). The number of rotatable bonds is 12. The van der Waals surface area contributed by atoms with Crippen molar-refractivity contribution in [2.75, 3.05) is 6.54 Å². The third kappa shape index (κ3) is 7.54. The molecule has 2 aromatic rings. The summed E-state index contributed by atoms with van der Waals surface area (Å²) in [6.07, 6.45) is 4.66. The minimum Gasteiger partial charge on any atom is -0.354 e. The fraction of sp³-hybridized carbons (Fsp3) is 0.481. The molecule has 0 radical (unpaired) electrons. The van der Waals surface area contributed by atoms with Gasteiger partial charge in [-0.1, -0.05) is 75.7 Å². The number of carbonyl (C=O) groups excluding carboxylic acids is 2. The topological polar surface area (TPSA) is 49.4 Å². The number of hydrogen-bond donors (Lipinski definition) is 1. The Morgan fingerprint density at radius 2 is 1.65 bits per heavy atom. The lowest BCUT2D eigenvalue weighted by Gasteiger charge is -2.31. The Labute approximate surface area is 188 Å². The molecule has 0 bridgehead atoms. The molecule has 4 nitrogen and oxygen atoms in total. The lowest BCUT2D eigenvalue weighted by atomic mass is 10.0. The van der Waals surface area contributed by atoms with Gasteiger partial charge in [0.25, 0.3) is 0 Å². The van der Waals surface area contributed by atoms with Crippen LogP contribution in [0.1, 0.15) is 68.7 Å². The first-order valence-electron chi connectivity index (χ1n) is 11.7. The highest BCUT2D eigenvalue weighted by Gasteiger charge is 2.28. The molecule has 2 amide bonds. The number of nitrogens with one attached hydrogen (secondary N) is 1. The summed E-state index contributed by atoms with van der Waals surface area (Å²) in [4.78, 5) is 28.0. The number of amides is 2. The van der Waals surface area contributed by atoms with Crippen molar-refractivity contribution >= 4 is 11.8 Å². The maximum absolute atomic E-state index is 13.3. The Morgan fingerprint density at radius 1 is 0.968 bits per heavy atom. The largest absolute Gasteiger partial charge is 0.354 e. The molecule has 0 aliphatic rings. The molecular weight excluding hydrogens is 384 g/mol.